The van der Waals surface area contributed by atoms with Gasteiger partial charge in [0.05, 0.1) is 0 Å². The standard InChI is InChI=1S/ClNO3/c1-5-2(3)4. The Morgan fingerprint density at radius 2 is 2.20 bits per heavy atom. The van der Waals surface area contributed by atoms with Crippen molar-refractivity contribution in [3.8, 4) is 0 Å². The maximum Gasteiger partial charge on any atom is 0.311 e. The molecule has 0 aromatic heterocycles. The van der Waals surface area contributed by atoms with Crippen molar-refractivity contribution in [1.29, 1.82) is 0 Å². The summed E-state index contributed by atoms with van der Waals surface area (Å²) >= 11 is 4.14. The first-order valence-corrected chi connectivity index (χ1v) is 1.01. The average molecular weight is 97.5 g/mol. The molecule has 0 aromatic rings. The van der Waals surface area contributed by atoms with E-state index in [0.717, 1.165) is 0 Å². The number of halogens is 1. The van der Waals surface area contributed by atoms with Crippen LogP contribution in [0.2, 0.25) is 0 Å². The molecule has 0 radical (unpaired) electrons. The summed E-state index contributed by atoms with van der Waals surface area (Å²) in [6.45, 7) is 0. The third-order valence-electron chi connectivity index (χ3n) is 0.0563. The Morgan fingerprint density at radius 3 is 2.20 bits per heavy atom. The third-order valence-corrected chi connectivity index (χ3v) is 0.169. The van der Waals surface area contributed by atoms with Gasteiger partial charge in [-0.25, -0.2) is 0 Å². The van der Waals surface area contributed by atoms with Gasteiger partial charge in [-0.1, -0.05) is 0 Å². The predicted octanol–water partition coefficient (Wildman–Crippen LogP) is 0.348. The van der Waals surface area contributed by atoms with Crippen LogP contribution in [0.15, 0.2) is 0 Å². The van der Waals surface area contributed by atoms with Gasteiger partial charge >= 0.3 is 5.09 Å². The molecular weight excluding hydrogens is 97.5 g/mol. The first-order valence-electron chi connectivity index (χ1n) is 0.702. The maximum atomic E-state index is 8.82. The molecule has 0 aromatic carbocycles. The molecular formula is ClNO3. The molecule has 0 saturated carbocycles. The monoisotopic (exact) mass is 97.0 g/mol. The van der Waals surface area contributed by atoms with Gasteiger partial charge in [0.25, 0.3) is 0 Å². The Bertz CT molecular complexity index is 42.2. The van der Waals surface area contributed by atoms with Gasteiger partial charge in [0.2, 0.25) is 0 Å². The van der Waals surface area contributed by atoms with E-state index in [-0.39, 0.29) is 0 Å². The third kappa shape index (κ3) is 3.49. The first-order chi connectivity index (χ1) is 2.27. The van der Waals surface area contributed by atoms with Crippen molar-refractivity contribution in [2.75, 3.05) is 0 Å². The highest BCUT2D eigenvalue weighted by Gasteiger charge is 1.80. The maximum absolute atomic E-state index is 8.82. The molecule has 0 heterocycles. The summed E-state index contributed by atoms with van der Waals surface area (Å²) in [4.78, 5) is 8.82. The van der Waals surface area contributed by atoms with Gasteiger partial charge in [-0.2, -0.15) is 4.39 Å². The molecule has 0 rings (SSSR count). The van der Waals surface area contributed by atoms with Crippen molar-refractivity contribution < 1.29 is 9.48 Å². The fourth-order valence-corrected chi connectivity index (χ4v) is 0. The molecule has 0 bridgehead atoms. The highest BCUT2D eigenvalue weighted by Crippen LogP contribution is 1.73. The summed E-state index contributed by atoms with van der Waals surface area (Å²) < 4.78 is 2.94. The van der Waals surface area contributed by atoms with Gasteiger partial charge in [-0.3, -0.25) is 0 Å². The highest BCUT2D eigenvalue weighted by atomic mass is 35.5. The van der Waals surface area contributed by atoms with E-state index < -0.39 is 5.09 Å². The van der Waals surface area contributed by atoms with Crippen LogP contribution in [0, 0.1) is 10.1 Å². The SMILES string of the molecule is O=[N+]([O-])OCl. The Labute approximate surface area is 32.6 Å². The lowest BCUT2D eigenvalue weighted by atomic mass is 13.1. The fraction of sp³-hybridized carbons (Fsp3) is 0. The molecule has 0 saturated heterocycles. The lowest BCUT2D eigenvalue weighted by Gasteiger charge is -1.69. The van der Waals surface area contributed by atoms with E-state index in [4.69, 9.17) is 10.1 Å². The second kappa shape index (κ2) is 1.78. The minimum atomic E-state index is -1.11. The molecule has 4 nitrogen and oxygen atoms in total. The van der Waals surface area contributed by atoms with Gasteiger partial charge in [-0.15, -0.1) is 10.1 Å². The van der Waals surface area contributed by atoms with Crippen LogP contribution in [0.4, 0.5) is 0 Å². The van der Waals surface area contributed by atoms with E-state index in [9.17, 15) is 0 Å². The number of rotatable bonds is 1. The summed E-state index contributed by atoms with van der Waals surface area (Å²) in [5, 5.41) is 7.71. The van der Waals surface area contributed by atoms with Crippen LogP contribution in [0.1, 0.15) is 0 Å². The fourth-order valence-electron chi connectivity index (χ4n) is 0. The zero-order chi connectivity index (χ0) is 4.28. The van der Waals surface area contributed by atoms with Gasteiger partial charge in [-0.05, 0) is 0 Å². The molecule has 0 aliphatic carbocycles. The Kier molecular flexibility index (Phi) is 1.60. The van der Waals surface area contributed by atoms with E-state index in [1.54, 1.807) is 0 Å². The largest absolute Gasteiger partial charge is 0.311 e. The second-order valence-electron chi connectivity index (χ2n) is 0.293. The molecule has 0 aliphatic rings. The summed E-state index contributed by atoms with van der Waals surface area (Å²) in [6.07, 6.45) is 0. The van der Waals surface area contributed by atoms with E-state index in [0.29, 0.717) is 0 Å². The van der Waals surface area contributed by atoms with Crippen molar-refractivity contribution in [3.63, 3.8) is 0 Å². The van der Waals surface area contributed by atoms with E-state index in [2.05, 4.69) is 16.3 Å². The molecule has 0 atom stereocenters. The molecule has 0 fully saturated rings. The van der Waals surface area contributed by atoms with Crippen molar-refractivity contribution in [2.45, 2.75) is 0 Å². The lowest BCUT2D eigenvalue weighted by Crippen LogP contribution is -1.85. The van der Waals surface area contributed by atoms with Gasteiger partial charge in [0, 0.05) is 0 Å². The summed E-state index contributed by atoms with van der Waals surface area (Å²) in [5.74, 6) is 0. The normalized spacial score (nSPS) is 6.60. The highest BCUT2D eigenvalue weighted by molar-refractivity contribution is 6.06. The van der Waals surface area contributed by atoms with Crippen molar-refractivity contribution in [3.05, 3.63) is 10.1 Å². The first kappa shape index (κ1) is 4.49. The van der Waals surface area contributed by atoms with E-state index >= 15 is 0 Å². The molecule has 0 aliphatic heterocycles. The summed E-state index contributed by atoms with van der Waals surface area (Å²) in [7, 11) is 0. The minimum absolute atomic E-state index is 1.11. The Balaban J connectivity index is 2.85. The Hall–Kier alpha value is -0.510. The molecule has 0 amide bonds. The molecule has 0 spiro atoms. The van der Waals surface area contributed by atoms with Crippen molar-refractivity contribution in [1.82, 2.24) is 0 Å². The van der Waals surface area contributed by atoms with E-state index in [1.807, 2.05) is 0 Å². The van der Waals surface area contributed by atoms with Crippen LogP contribution < -0.4 is 0 Å². The second-order valence-corrected chi connectivity index (χ2v) is 0.431. The smallest absolute Gasteiger partial charge is 0.199 e. The molecule has 0 unspecified atom stereocenters. The van der Waals surface area contributed by atoms with Crippen LogP contribution in [0.3, 0.4) is 0 Å². The van der Waals surface area contributed by atoms with Crippen LogP contribution in [-0.4, -0.2) is 5.09 Å². The van der Waals surface area contributed by atoms with Crippen molar-refractivity contribution >= 4 is 11.9 Å². The topological polar surface area (TPSA) is 52.4 Å². The number of nitrogens with zero attached hydrogens (tertiary/aromatic N) is 1. The van der Waals surface area contributed by atoms with Gasteiger partial charge in [0.15, 0.2) is 0 Å². The molecule has 5 heavy (non-hydrogen) atoms. The molecule has 0 N–H and O–H groups in total. The van der Waals surface area contributed by atoms with Crippen LogP contribution in [-0.2, 0) is 4.39 Å². The summed E-state index contributed by atoms with van der Waals surface area (Å²) in [6, 6.07) is 0. The van der Waals surface area contributed by atoms with E-state index in [1.165, 1.54) is 0 Å². The van der Waals surface area contributed by atoms with Crippen LogP contribution in [0.25, 0.3) is 0 Å². The predicted molar refractivity (Wildman–Crippen MR) is 13.9 cm³/mol. The summed E-state index contributed by atoms with van der Waals surface area (Å²) in [5.41, 5.74) is 0. The number of hydrogen-bond donors (Lipinski definition) is 0. The zero-order valence-electron chi connectivity index (χ0n) is 2.05. The van der Waals surface area contributed by atoms with Gasteiger partial charge < -0.3 is 0 Å². The van der Waals surface area contributed by atoms with Crippen molar-refractivity contribution in [2.24, 2.45) is 0 Å². The van der Waals surface area contributed by atoms with Crippen LogP contribution >= 0.6 is 11.9 Å². The van der Waals surface area contributed by atoms with Crippen LogP contribution in [0.5, 0.6) is 0 Å². The molecule has 30 valence electrons. The van der Waals surface area contributed by atoms with Gasteiger partial charge in [0.1, 0.15) is 11.9 Å². The average Bonchev–Trinajstić information content (AvgIpc) is 1.38. The Morgan fingerprint density at radius 1 is 2.00 bits per heavy atom. The zero-order valence-corrected chi connectivity index (χ0v) is 2.81. The lowest BCUT2D eigenvalue weighted by molar-refractivity contribution is -0.714. The quantitative estimate of drug-likeness (QED) is 0.350. The molecule has 5 heteroatoms. The minimum Gasteiger partial charge on any atom is -0.199 e. The number of hydrogen-bond acceptors (Lipinski definition) is 3.